The summed E-state index contributed by atoms with van der Waals surface area (Å²) in [6, 6.07) is 6.93. The van der Waals surface area contributed by atoms with E-state index in [4.69, 9.17) is 0 Å². The fourth-order valence-corrected chi connectivity index (χ4v) is 3.14. The monoisotopic (exact) mass is 273 g/mol. The zero-order valence-corrected chi connectivity index (χ0v) is 11.6. The van der Waals surface area contributed by atoms with Gasteiger partial charge in [0.05, 0.1) is 0 Å². The molecule has 0 saturated carbocycles. The summed E-state index contributed by atoms with van der Waals surface area (Å²) >= 11 is 0. The second kappa shape index (κ2) is 5.25. The Balaban J connectivity index is 1.76. The smallest absolute Gasteiger partial charge is 0.253 e. The molecule has 0 aromatic heterocycles. The summed E-state index contributed by atoms with van der Waals surface area (Å²) in [7, 11) is 1.59. The molecule has 0 spiro atoms. The van der Waals surface area contributed by atoms with Crippen LogP contribution in [-0.4, -0.2) is 49.9 Å². The zero-order valence-electron chi connectivity index (χ0n) is 11.6. The number of amides is 2. The molecule has 2 fully saturated rings. The lowest BCUT2D eigenvalue weighted by atomic mass is 10.0. The maximum Gasteiger partial charge on any atom is 0.253 e. The fraction of sp³-hybridized carbons (Fsp3) is 0.467. The number of rotatable bonds is 2. The number of benzene rings is 1. The zero-order chi connectivity index (χ0) is 14.1. The van der Waals surface area contributed by atoms with Crippen LogP contribution in [0.3, 0.4) is 0 Å². The van der Waals surface area contributed by atoms with Gasteiger partial charge in [-0.05, 0) is 30.0 Å². The number of carbonyl (C=O) groups is 2. The standard InChI is InChI=1S/C15H19N3O2/c1-16-14(19)10-3-2-4-11(5-10)15(20)18-8-12-6-17-7-13(12)9-18/h2-5,12-13,17H,6-9H2,1H3,(H,16,19)/t12-,13+. The molecule has 2 heterocycles. The molecule has 0 radical (unpaired) electrons. The maximum absolute atomic E-state index is 12.5. The second-order valence-corrected chi connectivity index (χ2v) is 5.55. The molecule has 2 aliphatic rings. The summed E-state index contributed by atoms with van der Waals surface area (Å²) in [6.07, 6.45) is 0. The van der Waals surface area contributed by atoms with Crippen molar-refractivity contribution in [1.82, 2.24) is 15.5 Å². The first kappa shape index (κ1) is 13.1. The van der Waals surface area contributed by atoms with E-state index in [-0.39, 0.29) is 11.8 Å². The first-order valence-corrected chi connectivity index (χ1v) is 7.01. The summed E-state index contributed by atoms with van der Waals surface area (Å²) < 4.78 is 0. The quantitative estimate of drug-likeness (QED) is 0.817. The number of nitrogens with one attached hydrogen (secondary N) is 2. The maximum atomic E-state index is 12.5. The van der Waals surface area contributed by atoms with Crippen molar-refractivity contribution in [2.75, 3.05) is 33.2 Å². The molecule has 2 aliphatic heterocycles. The molecule has 0 aliphatic carbocycles. The first-order chi connectivity index (χ1) is 9.69. The predicted molar refractivity (Wildman–Crippen MR) is 75.6 cm³/mol. The van der Waals surface area contributed by atoms with Crippen molar-refractivity contribution in [3.8, 4) is 0 Å². The Kier molecular flexibility index (Phi) is 3.44. The average molecular weight is 273 g/mol. The van der Waals surface area contributed by atoms with Gasteiger partial charge in [-0.1, -0.05) is 6.07 Å². The van der Waals surface area contributed by atoms with Crippen LogP contribution in [-0.2, 0) is 0 Å². The minimum Gasteiger partial charge on any atom is -0.355 e. The molecule has 2 atom stereocenters. The highest BCUT2D eigenvalue weighted by Crippen LogP contribution is 2.27. The van der Waals surface area contributed by atoms with Crippen molar-refractivity contribution in [2.24, 2.45) is 11.8 Å². The van der Waals surface area contributed by atoms with E-state index in [9.17, 15) is 9.59 Å². The molecule has 0 unspecified atom stereocenters. The van der Waals surface area contributed by atoms with Crippen molar-refractivity contribution in [1.29, 1.82) is 0 Å². The van der Waals surface area contributed by atoms with Crippen LogP contribution in [0.5, 0.6) is 0 Å². The average Bonchev–Trinajstić information content (AvgIpc) is 3.07. The van der Waals surface area contributed by atoms with Crippen LogP contribution in [0.2, 0.25) is 0 Å². The largest absolute Gasteiger partial charge is 0.355 e. The lowest BCUT2D eigenvalue weighted by Gasteiger charge is -2.17. The highest BCUT2D eigenvalue weighted by Gasteiger charge is 2.38. The summed E-state index contributed by atoms with van der Waals surface area (Å²) in [4.78, 5) is 26.1. The van der Waals surface area contributed by atoms with Gasteiger partial charge in [0.15, 0.2) is 0 Å². The summed E-state index contributed by atoms with van der Waals surface area (Å²) in [5.41, 5.74) is 1.12. The molecule has 1 aromatic rings. The Morgan fingerprint density at radius 3 is 2.50 bits per heavy atom. The van der Waals surface area contributed by atoms with E-state index in [1.165, 1.54) is 0 Å². The van der Waals surface area contributed by atoms with Gasteiger partial charge in [0.2, 0.25) is 0 Å². The first-order valence-electron chi connectivity index (χ1n) is 7.01. The van der Waals surface area contributed by atoms with Gasteiger partial charge in [0, 0.05) is 44.4 Å². The van der Waals surface area contributed by atoms with Gasteiger partial charge in [-0.25, -0.2) is 0 Å². The molecule has 5 heteroatoms. The number of likely N-dealkylation sites (tertiary alicyclic amines) is 1. The van der Waals surface area contributed by atoms with Crippen molar-refractivity contribution >= 4 is 11.8 Å². The molecule has 1 aromatic carbocycles. The number of fused-ring (bicyclic) bond motifs is 1. The van der Waals surface area contributed by atoms with Gasteiger partial charge in [0.25, 0.3) is 11.8 Å². The van der Waals surface area contributed by atoms with Crippen LogP contribution in [0.1, 0.15) is 20.7 Å². The van der Waals surface area contributed by atoms with E-state index in [2.05, 4.69) is 10.6 Å². The molecule has 2 amide bonds. The van der Waals surface area contributed by atoms with Crippen molar-refractivity contribution in [3.05, 3.63) is 35.4 Å². The number of nitrogens with zero attached hydrogens (tertiary/aromatic N) is 1. The molecule has 20 heavy (non-hydrogen) atoms. The lowest BCUT2D eigenvalue weighted by Crippen LogP contribution is -2.32. The highest BCUT2D eigenvalue weighted by molar-refractivity contribution is 5.99. The van der Waals surface area contributed by atoms with Gasteiger partial charge in [-0.2, -0.15) is 0 Å². The number of hydrogen-bond donors (Lipinski definition) is 2. The predicted octanol–water partition coefficient (Wildman–Crippen LogP) is 0.338. The van der Waals surface area contributed by atoms with Gasteiger partial charge < -0.3 is 15.5 Å². The molecule has 106 valence electrons. The van der Waals surface area contributed by atoms with Gasteiger partial charge in [-0.15, -0.1) is 0 Å². The second-order valence-electron chi connectivity index (χ2n) is 5.55. The van der Waals surface area contributed by atoms with Gasteiger partial charge >= 0.3 is 0 Å². The van der Waals surface area contributed by atoms with Gasteiger partial charge in [0.1, 0.15) is 0 Å². The number of hydrogen-bond acceptors (Lipinski definition) is 3. The molecule has 5 nitrogen and oxygen atoms in total. The van der Waals surface area contributed by atoms with Crippen LogP contribution in [0.15, 0.2) is 24.3 Å². The number of carbonyl (C=O) groups excluding carboxylic acids is 2. The van der Waals surface area contributed by atoms with E-state index in [0.717, 1.165) is 26.2 Å². The third kappa shape index (κ3) is 2.29. The molecular formula is C15H19N3O2. The third-order valence-corrected chi connectivity index (χ3v) is 4.28. The topological polar surface area (TPSA) is 61.4 Å². The Labute approximate surface area is 118 Å². The SMILES string of the molecule is CNC(=O)c1cccc(C(=O)N2C[C@H]3CNC[C@H]3C2)c1. The summed E-state index contributed by atoms with van der Waals surface area (Å²) in [5, 5.41) is 5.94. The Hall–Kier alpha value is -1.88. The minimum atomic E-state index is -0.165. The molecular weight excluding hydrogens is 254 g/mol. The van der Waals surface area contributed by atoms with Gasteiger partial charge in [-0.3, -0.25) is 9.59 Å². The molecule has 0 bridgehead atoms. The Bertz CT molecular complexity index is 532. The fourth-order valence-electron chi connectivity index (χ4n) is 3.14. The van der Waals surface area contributed by atoms with Crippen molar-refractivity contribution < 1.29 is 9.59 Å². The van der Waals surface area contributed by atoms with E-state index in [0.29, 0.717) is 23.0 Å². The molecule has 3 rings (SSSR count). The van der Waals surface area contributed by atoms with Crippen molar-refractivity contribution in [3.63, 3.8) is 0 Å². The van der Waals surface area contributed by atoms with E-state index in [1.54, 1.807) is 31.3 Å². The minimum absolute atomic E-state index is 0.0325. The highest BCUT2D eigenvalue weighted by atomic mass is 16.2. The Morgan fingerprint density at radius 2 is 1.85 bits per heavy atom. The summed E-state index contributed by atoms with van der Waals surface area (Å²) in [6.45, 7) is 3.65. The summed E-state index contributed by atoms with van der Waals surface area (Å²) in [5.74, 6) is 1.04. The van der Waals surface area contributed by atoms with Crippen LogP contribution >= 0.6 is 0 Å². The van der Waals surface area contributed by atoms with Crippen LogP contribution in [0.25, 0.3) is 0 Å². The molecule has 2 saturated heterocycles. The van der Waals surface area contributed by atoms with E-state index < -0.39 is 0 Å². The van der Waals surface area contributed by atoms with E-state index in [1.807, 2.05) is 4.90 Å². The van der Waals surface area contributed by atoms with Crippen molar-refractivity contribution in [2.45, 2.75) is 0 Å². The Morgan fingerprint density at radius 1 is 1.20 bits per heavy atom. The third-order valence-electron chi connectivity index (χ3n) is 4.28. The van der Waals surface area contributed by atoms with Crippen LogP contribution in [0.4, 0.5) is 0 Å². The van der Waals surface area contributed by atoms with Crippen LogP contribution < -0.4 is 10.6 Å². The van der Waals surface area contributed by atoms with E-state index >= 15 is 0 Å². The molecule has 2 N–H and O–H groups in total. The van der Waals surface area contributed by atoms with Crippen LogP contribution in [0, 0.1) is 11.8 Å². The normalized spacial score (nSPS) is 24.6. The lowest BCUT2D eigenvalue weighted by molar-refractivity contribution is 0.0781.